The van der Waals surface area contributed by atoms with Gasteiger partial charge in [0.05, 0.1) is 19.9 Å². The molecule has 1 aromatic heterocycles. The van der Waals surface area contributed by atoms with Crippen molar-refractivity contribution < 1.29 is 19.1 Å². The molecule has 1 aliphatic carbocycles. The molecule has 4 rings (SSSR count). The van der Waals surface area contributed by atoms with Gasteiger partial charge in [-0.25, -0.2) is 4.98 Å². The van der Waals surface area contributed by atoms with Crippen molar-refractivity contribution in [2.45, 2.75) is 58.2 Å². The number of hydrogen-bond acceptors (Lipinski definition) is 5. The minimum absolute atomic E-state index is 0.0267. The second kappa shape index (κ2) is 14.0. The van der Waals surface area contributed by atoms with E-state index in [1.54, 1.807) is 30.2 Å². The SMILES string of the molecule is CC.COc1ccc(CCC(=O)N(C2CC2)C(C(=O)NCc2ccccc2)c2cccc(OC)n2)cc1. The summed E-state index contributed by atoms with van der Waals surface area (Å²) in [6, 6.07) is 21.9. The highest BCUT2D eigenvalue weighted by Crippen LogP contribution is 2.35. The number of nitrogens with zero attached hydrogens (tertiary/aromatic N) is 2. The second-order valence-electron chi connectivity index (χ2n) is 8.59. The summed E-state index contributed by atoms with van der Waals surface area (Å²) < 4.78 is 10.5. The van der Waals surface area contributed by atoms with Gasteiger partial charge in [-0.15, -0.1) is 0 Å². The van der Waals surface area contributed by atoms with E-state index in [9.17, 15) is 9.59 Å². The van der Waals surface area contributed by atoms with Crippen molar-refractivity contribution >= 4 is 11.8 Å². The molecule has 1 fully saturated rings. The molecular weight excluding hydrogens is 466 g/mol. The maximum atomic E-state index is 13.5. The molecule has 1 N–H and O–H groups in total. The Balaban J connectivity index is 0.00000186. The third-order valence-electron chi connectivity index (χ3n) is 6.09. The van der Waals surface area contributed by atoms with Crippen LogP contribution in [0.1, 0.15) is 56.0 Å². The Morgan fingerprint density at radius 3 is 2.24 bits per heavy atom. The van der Waals surface area contributed by atoms with Crippen LogP contribution in [0, 0.1) is 0 Å². The smallest absolute Gasteiger partial charge is 0.249 e. The Hall–Kier alpha value is -3.87. The van der Waals surface area contributed by atoms with Gasteiger partial charge in [0.25, 0.3) is 0 Å². The summed E-state index contributed by atoms with van der Waals surface area (Å²) >= 11 is 0. The van der Waals surface area contributed by atoms with Crippen LogP contribution in [0.4, 0.5) is 0 Å². The number of carbonyl (C=O) groups is 2. The topological polar surface area (TPSA) is 80.8 Å². The number of carbonyl (C=O) groups excluding carboxylic acids is 2. The van der Waals surface area contributed by atoms with Gasteiger partial charge >= 0.3 is 0 Å². The highest BCUT2D eigenvalue weighted by molar-refractivity contribution is 5.89. The van der Waals surface area contributed by atoms with E-state index in [0.717, 1.165) is 29.7 Å². The third kappa shape index (κ3) is 7.81. The fraction of sp³-hybridized carbons (Fsp3) is 0.367. The van der Waals surface area contributed by atoms with E-state index < -0.39 is 6.04 Å². The predicted molar refractivity (Wildman–Crippen MR) is 144 cm³/mol. The van der Waals surface area contributed by atoms with Gasteiger partial charge in [-0.3, -0.25) is 9.59 Å². The third-order valence-corrected chi connectivity index (χ3v) is 6.09. The van der Waals surface area contributed by atoms with Crippen LogP contribution in [0.3, 0.4) is 0 Å². The zero-order valence-electron chi connectivity index (χ0n) is 22.1. The van der Waals surface area contributed by atoms with Gasteiger partial charge in [0.2, 0.25) is 17.7 Å². The molecule has 196 valence electrons. The van der Waals surface area contributed by atoms with Crippen molar-refractivity contribution in [1.29, 1.82) is 0 Å². The van der Waals surface area contributed by atoms with E-state index in [4.69, 9.17) is 9.47 Å². The predicted octanol–water partition coefficient (Wildman–Crippen LogP) is 5.11. The Morgan fingerprint density at radius 1 is 0.919 bits per heavy atom. The lowest BCUT2D eigenvalue weighted by Gasteiger charge is -2.31. The summed E-state index contributed by atoms with van der Waals surface area (Å²) in [7, 11) is 3.16. The molecule has 1 saturated carbocycles. The molecule has 7 nitrogen and oxygen atoms in total. The minimum Gasteiger partial charge on any atom is -0.497 e. The van der Waals surface area contributed by atoms with Gasteiger partial charge in [0.1, 0.15) is 5.75 Å². The molecule has 1 unspecified atom stereocenters. The van der Waals surface area contributed by atoms with E-state index in [2.05, 4.69) is 10.3 Å². The molecule has 1 atom stereocenters. The van der Waals surface area contributed by atoms with Crippen LogP contribution in [-0.4, -0.2) is 42.0 Å². The molecular formula is C30H37N3O4. The summed E-state index contributed by atoms with van der Waals surface area (Å²) in [4.78, 5) is 33.3. The lowest BCUT2D eigenvalue weighted by Crippen LogP contribution is -2.45. The van der Waals surface area contributed by atoms with Gasteiger partial charge < -0.3 is 19.7 Å². The molecule has 0 radical (unpaired) electrons. The zero-order chi connectivity index (χ0) is 26.6. The molecule has 1 heterocycles. The normalized spacial score (nSPS) is 13.0. The number of hydrogen-bond donors (Lipinski definition) is 1. The number of benzene rings is 2. The summed E-state index contributed by atoms with van der Waals surface area (Å²) in [5.74, 6) is 0.871. The summed E-state index contributed by atoms with van der Waals surface area (Å²) in [5.41, 5.74) is 2.53. The van der Waals surface area contributed by atoms with Crippen LogP contribution in [0.2, 0.25) is 0 Å². The van der Waals surface area contributed by atoms with Crippen LogP contribution < -0.4 is 14.8 Å². The number of nitrogens with one attached hydrogen (secondary N) is 1. The van der Waals surface area contributed by atoms with Gasteiger partial charge in [-0.2, -0.15) is 0 Å². The Kier molecular flexibility index (Phi) is 10.5. The van der Waals surface area contributed by atoms with E-state index >= 15 is 0 Å². The summed E-state index contributed by atoms with van der Waals surface area (Å²) in [5, 5.41) is 3.01. The molecule has 2 amide bonds. The van der Waals surface area contributed by atoms with E-state index in [1.165, 1.54) is 7.11 Å². The van der Waals surface area contributed by atoms with Gasteiger partial charge in [-0.1, -0.05) is 62.4 Å². The van der Waals surface area contributed by atoms with Gasteiger partial charge in [0, 0.05) is 25.1 Å². The first-order valence-electron chi connectivity index (χ1n) is 12.9. The standard InChI is InChI=1S/C28H31N3O4.C2H6/c1-34-23-16-11-20(12-17-23)13-18-26(32)31(22-14-15-22)27(24-9-6-10-25(30-24)35-2)28(33)29-19-21-7-4-3-5-8-21;1-2/h3-12,16-17,22,27H,13-15,18-19H2,1-2H3,(H,29,33);1-2H3. The summed E-state index contributed by atoms with van der Waals surface area (Å²) in [6.45, 7) is 4.37. The van der Waals surface area contributed by atoms with Crippen LogP contribution >= 0.6 is 0 Å². The molecule has 37 heavy (non-hydrogen) atoms. The number of rotatable bonds is 11. The van der Waals surface area contributed by atoms with Gasteiger partial charge in [0.15, 0.2) is 6.04 Å². The van der Waals surface area contributed by atoms with Crippen molar-refractivity contribution in [3.05, 3.63) is 89.6 Å². The lowest BCUT2D eigenvalue weighted by molar-refractivity contribution is -0.141. The summed E-state index contributed by atoms with van der Waals surface area (Å²) in [6.07, 6.45) is 2.63. The first-order chi connectivity index (χ1) is 18.1. The van der Waals surface area contributed by atoms with Crippen molar-refractivity contribution in [1.82, 2.24) is 15.2 Å². The number of pyridine rings is 1. The maximum absolute atomic E-state index is 13.5. The molecule has 0 spiro atoms. The fourth-order valence-electron chi connectivity index (χ4n) is 4.07. The number of ether oxygens (including phenoxy) is 2. The average molecular weight is 504 g/mol. The van der Waals surface area contributed by atoms with Crippen LogP contribution in [-0.2, 0) is 22.6 Å². The van der Waals surface area contributed by atoms with E-state index in [1.807, 2.05) is 68.4 Å². The van der Waals surface area contributed by atoms with Crippen molar-refractivity contribution in [3.63, 3.8) is 0 Å². The second-order valence-corrected chi connectivity index (χ2v) is 8.59. The van der Waals surface area contributed by atoms with Crippen LogP contribution in [0.25, 0.3) is 0 Å². The Labute approximate surface area is 219 Å². The van der Waals surface area contributed by atoms with Crippen LogP contribution in [0.5, 0.6) is 11.6 Å². The van der Waals surface area contributed by atoms with Crippen LogP contribution in [0.15, 0.2) is 72.8 Å². The zero-order valence-corrected chi connectivity index (χ0v) is 22.1. The molecule has 3 aromatic rings. The Bertz CT molecular complexity index is 1130. The van der Waals surface area contributed by atoms with Crippen molar-refractivity contribution in [3.8, 4) is 11.6 Å². The molecule has 2 aromatic carbocycles. The molecule has 1 aliphatic rings. The fourth-order valence-corrected chi connectivity index (χ4v) is 4.07. The quantitative estimate of drug-likeness (QED) is 0.393. The minimum atomic E-state index is -0.829. The number of amides is 2. The van der Waals surface area contributed by atoms with Crippen molar-refractivity contribution in [2.24, 2.45) is 0 Å². The van der Waals surface area contributed by atoms with E-state index in [0.29, 0.717) is 31.0 Å². The number of methoxy groups -OCH3 is 2. The molecule has 0 bridgehead atoms. The molecule has 0 saturated heterocycles. The Morgan fingerprint density at radius 2 is 1.62 bits per heavy atom. The monoisotopic (exact) mass is 503 g/mol. The maximum Gasteiger partial charge on any atom is 0.249 e. The molecule has 7 heteroatoms. The largest absolute Gasteiger partial charge is 0.497 e. The average Bonchev–Trinajstić information content (AvgIpc) is 3.80. The first kappa shape index (κ1) is 27.7. The van der Waals surface area contributed by atoms with Gasteiger partial charge in [-0.05, 0) is 48.6 Å². The number of aryl methyl sites for hydroxylation is 1. The highest BCUT2D eigenvalue weighted by atomic mass is 16.5. The highest BCUT2D eigenvalue weighted by Gasteiger charge is 2.41. The molecule has 0 aliphatic heterocycles. The number of aromatic nitrogens is 1. The first-order valence-corrected chi connectivity index (χ1v) is 12.9. The lowest BCUT2D eigenvalue weighted by atomic mass is 10.1. The van der Waals surface area contributed by atoms with Crippen molar-refractivity contribution in [2.75, 3.05) is 14.2 Å². The van der Waals surface area contributed by atoms with E-state index in [-0.39, 0.29) is 17.9 Å².